The molecule has 1 unspecified atom stereocenters. The Bertz CT molecular complexity index is 1650. The quantitative estimate of drug-likeness (QED) is 0.336. The fourth-order valence-corrected chi connectivity index (χ4v) is 5.98. The van der Waals surface area contributed by atoms with E-state index in [2.05, 4.69) is 52.7 Å². The first-order valence-electron chi connectivity index (χ1n) is 13.5. The van der Waals surface area contributed by atoms with Gasteiger partial charge in [0.15, 0.2) is 11.4 Å². The molecular formula is C31H31N5O3. The molecule has 39 heavy (non-hydrogen) atoms. The Morgan fingerprint density at radius 3 is 2.44 bits per heavy atom. The molecule has 1 aliphatic heterocycles. The van der Waals surface area contributed by atoms with E-state index in [4.69, 9.17) is 20.2 Å². The van der Waals surface area contributed by atoms with Gasteiger partial charge in [-0.2, -0.15) is 0 Å². The van der Waals surface area contributed by atoms with E-state index in [1.54, 1.807) is 6.92 Å². The number of hydrogen-bond acceptors (Lipinski definition) is 7. The number of aryl methyl sites for hydroxylation is 1. The first-order valence-corrected chi connectivity index (χ1v) is 13.5. The Hall–Kier alpha value is -3.69. The molecule has 1 aliphatic carbocycles. The Morgan fingerprint density at radius 1 is 0.974 bits per heavy atom. The van der Waals surface area contributed by atoms with Crippen molar-refractivity contribution < 1.29 is 14.6 Å². The van der Waals surface area contributed by atoms with E-state index in [0.29, 0.717) is 38.9 Å². The molecule has 1 spiro atoms. The number of aromatic nitrogens is 4. The maximum absolute atomic E-state index is 9.74. The second-order valence-corrected chi connectivity index (χ2v) is 10.9. The maximum Gasteiger partial charge on any atom is 0.172 e. The summed E-state index contributed by atoms with van der Waals surface area (Å²) >= 11 is 0. The lowest BCUT2D eigenvalue weighted by molar-refractivity contribution is -0.239. The van der Waals surface area contributed by atoms with Gasteiger partial charge in [-0.3, -0.25) is 4.40 Å². The van der Waals surface area contributed by atoms with Crippen LogP contribution in [-0.4, -0.2) is 49.8 Å². The molecule has 5 aromatic rings. The number of pyridine rings is 2. The van der Waals surface area contributed by atoms with Crippen LogP contribution in [0.3, 0.4) is 0 Å². The van der Waals surface area contributed by atoms with Crippen molar-refractivity contribution in [2.24, 2.45) is 5.73 Å². The highest BCUT2D eigenvalue weighted by molar-refractivity contribution is 5.98. The number of aliphatic hydroxyl groups is 1. The number of ether oxygens (including phenoxy) is 2. The Kier molecular flexibility index (Phi) is 5.75. The van der Waals surface area contributed by atoms with E-state index in [1.165, 1.54) is 0 Å². The normalized spacial score (nSPS) is 18.5. The average Bonchev–Trinajstić information content (AvgIpc) is 3.59. The fraction of sp³-hybridized carbons (Fsp3) is 0.323. The van der Waals surface area contributed by atoms with Crippen molar-refractivity contribution in [2.45, 2.75) is 50.0 Å². The summed E-state index contributed by atoms with van der Waals surface area (Å²) in [7, 11) is 0. The Morgan fingerprint density at radius 2 is 1.72 bits per heavy atom. The monoisotopic (exact) mass is 521 g/mol. The Balaban J connectivity index is 1.30. The van der Waals surface area contributed by atoms with Crippen LogP contribution in [0.1, 0.15) is 37.6 Å². The van der Waals surface area contributed by atoms with Crippen LogP contribution in [0.25, 0.3) is 38.9 Å². The van der Waals surface area contributed by atoms with Crippen molar-refractivity contribution in [1.29, 1.82) is 0 Å². The Labute approximate surface area is 226 Å². The highest BCUT2D eigenvalue weighted by Crippen LogP contribution is 2.51. The van der Waals surface area contributed by atoms with Crippen LogP contribution in [0.5, 0.6) is 0 Å². The lowest BCUT2D eigenvalue weighted by Crippen LogP contribution is -2.60. The predicted octanol–water partition coefficient (Wildman–Crippen LogP) is 4.62. The molecule has 1 saturated carbocycles. The molecule has 1 saturated heterocycles. The zero-order chi connectivity index (χ0) is 26.6. The van der Waals surface area contributed by atoms with E-state index in [-0.39, 0.29) is 6.10 Å². The van der Waals surface area contributed by atoms with Gasteiger partial charge in [-0.25, -0.2) is 4.98 Å². The molecule has 198 valence electrons. The van der Waals surface area contributed by atoms with E-state index in [9.17, 15) is 5.11 Å². The molecule has 2 aromatic carbocycles. The van der Waals surface area contributed by atoms with Crippen molar-refractivity contribution >= 4 is 16.6 Å². The summed E-state index contributed by atoms with van der Waals surface area (Å²) in [5, 5.41) is 19.6. The van der Waals surface area contributed by atoms with Gasteiger partial charge >= 0.3 is 0 Å². The molecule has 0 radical (unpaired) electrons. The predicted molar refractivity (Wildman–Crippen MR) is 149 cm³/mol. The number of rotatable bonds is 6. The van der Waals surface area contributed by atoms with Gasteiger partial charge in [0.1, 0.15) is 5.82 Å². The molecule has 7 rings (SSSR count). The third-order valence-electron chi connectivity index (χ3n) is 8.03. The van der Waals surface area contributed by atoms with Crippen LogP contribution < -0.4 is 5.73 Å². The van der Waals surface area contributed by atoms with Crippen molar-refractivity contribution in [3.63, 3.8) is 0 Å². The number of fused-ring (bicyclic) bond motifs is 3. The van der Waals surface area contributed by atoms with Crippen molar-refractivity contribution in [3.05, 3.63) is 84.3 Å². The van der Waals surface area contributed by atoms with Gasteiger partial charge in [0.25, 0.3) is 0 Å². The molecule has 2 aliphatic rings. The minimum Gasteiger partial charge on any atom is -0.393 e. The summed E-state index contributed by atoms with van der Waals surface area (Å²) in [6.07, 6.45) is 4.19. The average molecular weight is 522 g/mol. The summed E-state index contributed by atoms with van der Waals surface area (Å²) < 4.78 is 13.6. The largest absolute Gasteiger partial charge is 0.393 e. The molecule has 8 nitrogen and oxygen atoms in total. The standard InChI is InChI=1S/C31H31N5O3/c1-20(37)7-12-27-34-35-29-25-17-24(21-5-3-2-4-6-21)28(33-26(25)13-14-36(27)29)22-8-10-23(11-9-22)30(32)18-31(19-30)38-15-16-39-31/h2-6,8-11,13-14,17,20,37H,7,12,15-16,18-19,32H2,1H3. The zero-order valence-corrected chi connectivity index (χ0v) is 21.9. The summed E-state index contributed by atoms with van der Waals surface area (Å²) in [6.45, 7) is 3.06. The number of hydrogen-bond donors (Lipinski definition) is 2. The smallest absolute Gasteiger partial charge is 0.172 e. The van der Waals surface area contributed by atoms with Crippen LogP contribution in [0.2, 0.25) is 0 Å². The van der Waals surface area contributed by atoms with E-state index >= 15 is 0 Å². The molecule has 3 aromatic heterocycles. The van der Waals surface area contributed by atoms with Gasteiger partial charge in [0.2, 0.25) is 0 Å². The van der Waals surface area contributed by atoms with Crippen LogP contribution in [0, 0.1) is 0 Å². The highest BCUT2D eigenvalue weighted by Gasteiger charge is 2.57. The molecular weight excluding hydrogens is 490 g/mol. The van der Waals surface area contributed by atoms with E-state index in [0.717, 1.165) is 50.3 Å². The molecule has 2 fully saturated rings. The number of benzene rings is 2. The van der Waals surface area contributed by atoms with Crippen LogP contribution >= 0.6 is 0 Å². The molecule has 1 atom stereocenters. The highest BCUT2D eigenvalue weighted by atomic mass is 16.7. The van der Waals surface area contributed by atoms with Crippen LogP contribution in [0.15, 0.2) is 72.9 Å². The van der Waals surface area contributed by atoms with Gasteiger partial charge in [-0.15, -0.1) is 10.2 Å². The van der Waals surface area contributed by atoms with E-state index < -0.39 is 11.3 Å². The van der Waals surface area contributed by atoms with Crippen LogP contribution in [0.4, 0.5) is 0 Å². The lowest BCUT2D eigenvalue weighted by atomic mass is 9.68. The molecule has 0 bridgehead atoms. The molecule has 4 heterocycles. The minimum absolute atomic E-state index is 0.387. The van der Waals surface area contributed by atoms with Gasteiger partial charge in [-0.05, 0) is 36.6 Å². The maximum atomic E-state index is 9.74. The number of nitrogens with zero attached hydrogens (tertiary/aromatic N) is 4. The van der Waals surface area contributed by atoms with Crippen LogP contribution in [-0.2, 0) is 21.4 Å². The SMILES string of the molecule is CC(O)CCc1nnc2c3cc(-c4ccccc4)c(-c4ccc(C5(N)CC6(C5)OCCO6)cc4)nc3ccn12. The first-order chi connectivity index (χ1) is 18.9. The van der Waals surface area contributed by atoms with E-state index in [1.807, 2.05) is 34.9 Å². The van der Waals surface area contributed by atoms with Crippen molar-refractivity contribution in [2.75, 3.05) is 13.2 Å². The first kappa shape index (κ1) is 24.4. The second-order valence-electron chi connectivity index (χ2n) is 10.9. The van der Waals surface area contributed by atoms with Crippen molar-refractivity contribution in [3.8, 4) is 22.4 Å². The third kappa shape index (κ3) is 4.20. The second kappa shape index (κ2) is 9.20. The lowest BCUT2D eigenvalue weighted by Gasteiger charge is -2.50. The summed E-state index contributed by atoms with van der Waals surface area (Å²) in [4.78, 5) is 5.15. The van der Waals surface area contributed by atoms with Gasteiger partial charge in [0, 0.05) is 42.0 Å². The molecule has 3 N–H and O–H groups in total. The van der Waals surface area contributed by atoms with Gasteiger partial charge < -0.3 is 20.3 Å². The summed E-state index contributed by atoms with van der Waals surface area (Å²) in [6, 6.07) is 22.9. The number of aliphatic hydroxyl groups excluding tert-OH is 1. The summed E-state index contributed by atoms with van der Waals surface area (Å²) in [5.41, 5.74) is 13.0. The third-order valence-corrected chi connectivity index (χ3v) is 8.03. The molecule has 8 heteroatoms. The topological polar surface area (TPSA) is 108 Å². The summed E-state index contributed by atoms with van der Waals surface area (Å²) in [5.74, 6) is 0.326. The van der Waals surface area contributed by atoms with Gasteiger partial charge in [0.05, 0.1) is 36.1 Å². The molecule has 0 amide bonds. The van der Waals surface area contributed by atoms with Gasteiger partial charge in [-0.1, -0.05) is 54.6 Å². The zero-order valence-electron chi connectivity index (χ0n) is 21.9. The van der Waals surface area contributed by atoms with Crippen molar-refractivity contribution in [1.82, 2.24) is 19.6 Å². The minimum atomic E-state index is -0.503. The number of nitrogens with two attached hydrogens (primary N) is 1. The fourth-order valence-electron chi connectivity index (χ4n) is 5.98.